The highest BCUT2D eigenvalue weighted by Gasteiger charge is 2.30. The first-order valence-corrected chi connectivity index (χ1v) is 13.0. The van der Waals surface area contributed by atoms with E-state index in [-0.39, 0.29) is 29.6 Å². The van der Waals surface area contributed by atoms with E-state index in [2.05, 4.69) is 17.1 Å². The Labute approximate surface area is 197 Å². The van der Waals surface area contributed by atoms with Crippen molar-refractivity contribution < 1.29 is 13.2 Å². The molecule has 0 saturated carbocycles. The molecular formula is C22H23ClN4O3S2. The summed E-state index contributed by atoms with van der Waals surface area (Å²) in [7, 11) is -3.59. The minimum atomic E-state index is -3.59. The minimum Gasteiger partial charge on any atom is -0.339 e. The lowest BCUT2D eigenvalue weighted by atomic mass is 10.2. The molecule has 0 aliphatic carbocycles. The molecule has 1 fully saturated rings. The number of carbonyl (C=O) groups excluding carboxylic acids is 1. The molecule has 0 bridgehead atoms. The number of carbonyl (C=O) groups is 1. The van der Waals surface area contributed by atoms with Gasteiger partial charge in [-0.15, -0.1) is 0 Å². The molecule has 168 valence electrons. The van der Waals surface area contributed by atoms with Crippen LogP contribution in [-0.2, 0) is 21.4 Å². The van der Waals surface area contributed by atoms with Crippen LogP contribution in [0.15, 0.2) is 77.0 Å². The zero-order valence-corrected chi connectivity index (χ0v) is 19.7. The number of imidazole rings is 1. The highest BCUT2D eigenvalue weighted by atomic mass is 35.5. The first-order valence-electron chi connectivity index (χ1n) is 10.1. The van der Waals surface area contributed by atoms with Crippen molar-refractivity contribution in [3.05, 3.63) is 77.6 Å². The van der Waals surface area contributed by atoms with Crippen LogP contribution in [0.3, 0.4) is 0 Å². The Hall–Kier alpha value is -2.33. The monoisotopic (exact) mass is 490 g/mol. The summed E-state index contributed by atoms with van der Waals surface area (Å²) < 4.78 is 29.1. The van der Waals surface area contributed by atoms with Crippen molar-refractivity contribution in [2.75, 3.05) is 31.9 Å². The van der Waals surface area contributed by atoms with Crippen molar-refractivity contribution in [2.24, 2.45) is 0 Å². The van der Waals surface area contributed by atoms with Crippen molar-refractivity contribution in [3.8, 4) is 0 Å². The van der Waals surface area contributed by atoms with E-state index in [0.29, 0.717) is 24.7 Å². The summed E-state index contributed by atoms with van der Waals surface area (Å²) in [5.41, 5.74) is 1.16. The number of rotatable bonds is 7. The summed E-state index contributed by atoms with van der Waals surface area (Å²) in [4.78, 5) is 19.0. The van der Waals surface area contributed by atoms with Gasteiger partial charge in [0.05, 0.1) is 10.6 Å². The van der Waals surface area contributed by atoms with Crippen LogP contribution in [0.25, 0.3) is 0 Å². The zero-order valence-electron chi connectivity index (χ0n) is 17.3. The third-order valence-corrected chi connectivity index (χ3v) is 8.39. The number of aromatic nitrogens is 2. The second-order valence-corrected chi connectivity index (χ2v) is 10.7. The smallest absolute Gasteiger partial charge is 0.243 e. The van der Waals surface area contributed by atoms with Crippen LogP contribution in [0.4, 0.5) is 0 Å². The van der Waals surface area contributed by atoms with Gasteiger partial charge in [0, 0.05) is 50.1 Å². The van der Waals surface area contributed by atoms with E-state index < -0.39 is 10.0 Å². The molecule has 1 aliphatic heterocycles. The zero-order chi connectivity index (χ0) is 22.6. The minimum absolute atomic E-state index is 0.0206. The maximum Gasteiger partial charge on any atom is 0.243 e. The van der Waals surface area contributed by atoms with Gasteiger partial charge >= 0.3 is 0 Å². The summed E-state index contributed by atoms with van der Waals surface area (Å²) in [6.45, 7) is 1.96. The summed E-state index contributed by atoms with van der Waals surface area (Å²) in [5, 5.41) is 1.27. The second kappa shape index (κ2) is 10.1. The van der Waals surface area contributed by atoms with Crippen LogP contribution >= 0.6 is 23.4 Å². The Morgan fingerprint density at radius 2 is 1.69 bits per heavy atom. The number of hydrogen-bond acceptors (Lipinski definition) is 5. The standard InChI is InChI=1S/C22H23ClN4O3S2/c23-19-6-8-20(9-7-19)32(29,30)27-14-12-25(13-15-27)21(28)17-31-22-24-10-11-26(22)16-18-4-2-1-3-5-18/h1-11H,12-17H2. The molecule has 0 radical (unpaired) electrons. The lowest BCUT2D eigenvalue weighted by Gasteiger charge is -2.34. The molecule has 7 nitrogen and oxygen atoms in total. The highest BCUT2D eigenvalue weighted by Crippen LogP contribution is 2.21. The van der Waals surface area contributed by atoms with E-state index in [0.717, 1.165) is 10.7 Å². The number of thioether (sulfide) groups is 1. The summed E-state index contributed by atoms with van der Waals surface area (Å²) in [6, 6.07) is 16.2. The number of hydrogen-bond donors (Lipinski definition) is 0. The van der Waals surface area contributed by atoms with E-state index in [1.165, 1.54) is 28.2 Å². The van der Waals surface area contributed by atoms with Crippen molar-refractivity contribution >= 4 is 39.3 Å². The Morgan fingerprint density at radius 3 is 2.38 bits per heavy atom. The van der Waals surface area contributed by atoms with Crippen molar-refractivity contribution in [3.63, 3.8) is 0 Å². The van der Waals surface area contributed by atoms with Crippen molar-refractivity contribution in [1.82, 2.24) is 18.8 Å². The molecule has 1 aromatic heterocycles. The van der Waals surface area contributed by atoms with Gasteiger partial charge in [-0.25, -0.2) is 13.4 Å². The maximum atomic E-state index is 12.8. The second-order valence-electron chi connectivity index (χ2n) is 7.35. The van der Waals surface area contributed by atoms with Gasteiger partial charge in [0.15, 0.2) is 5.16 Å². The molecule has 3 aromatic rings. The maximum absolute atomic E-state index is 12.8. The van der Waals surface area contributed by atoms with Crippen LogP contribution in [0.1, 0.15) is 5.56 Å². The van der Waals surface area contributed by atoms with E-state index >= 15 is 0 Å². The van der Waals surface area contributed by atoms with Crippen LogP contribution in [-0.4, -0.2) is 65.0 Å². The van der Waals surface area contributed by atoms with E-state index in [4.69, 9.17) is 11.6 Å². The molecule has 0 N–H and O–H groups in total. The lowest BCUT2D eigenvalue weighted by molar-refractivity contribution is -0.129. The summed E-state index contributed by atoms with van der Waals surface area (Å²) >= 11 is 7.25. The predicted molar refractivity (Wildman–Crippen MR) is 125 cm³/mol. The average Bonchev–Trinajstić information content (AvgIpc) is 3.25. The van der Waals surface area contributed by atoms with Gasteiger partial charge in [-0.1, -0.05) is 53.7 Å². The number of sulfonamides is 1. The molecule has 0 spiro atoms. The largest absolute Gasteiger partial charge is 0.339 e. The fourth-order valence-electron chi connectivity index (χ4n) is 3.49. The summed E-state index contributed by atoms with van der Waals surface area (Å²) in [5.74, 6) is 0.239. The molecule has 2 aromatic carbocycles. The molecule has 0 unspecified atom stereocenters. The molecule has 1 aliphatic rings. The van der Waals surface area contributed by atoms with E-state index in [1.807, 2.05) is 29.0 Å². The molecule has 1 amide bonds. The number of piperazine rings is 1. The van der Waals surface area contributed by atoms with Gasteiger partial charge in [0.25, 0.3) is 0 Å². The molecule has 32 heavy (non-hydrogen) atoms. The SMILES string of the molecule is O=C(CSc1nccn1Cc1ccccc1)N1CCN(S(=O)(=O)c2ccc(Cl)cc2)CC1. The highest BCUT2D eigenvalue weighted by molar-refractivity contribution is 7.99. The third kappa shape index (κ3) is 5.35. The van der Waals surface area contributed by atoms with Crippen LogP contribution in [0.5, 0.6) is 0 Å². The molecule has 0 atom stereocenters. The van der Waals surface area contributed by atoms with E-state index in [9.17, 15) is 13.2 Å². The van der Waals surface area contributed by atoms with Crippen molar-refractivity contribution in [2.45, 2.75) is 16.6 Å². The van der Waals surface area contributed by atoms with Gasteiger partial charge in [0.1, 0.15) is 0 Å². The number of halogens is 1. The fourth-order valence-corrected chi connectivity index (χ4v) is 5.90. The number of amides is 1. The Kier molecular flexibility index (Phi) is 7.20. The first-order chi connectivity index (χ1) is 15.4. The quantitative estimate of drug-likeness (QED) is 0.475. The molecule has 2 heterocycles. The molecule has 1 saturated heterocycles. The van der Waals surface area contributed by atoms with Crippen LogP contribution in [0.2, 0.25) is 5.02 Å². The molecule has 4 rings (SSSR count). The topological polar surface area (TPSA) is 75.5 Å². The van der Waals surface area contributed by atoms with Crippen molar-refractivity contribution in [1.29, 1.82) is 0 Å². The number of nitrogens with zero attached hydrogens (tertiary/aromatic N) is 4. The first kappa shape index (κ1) is 22.8. The van der Waals surface area contributed by atoms with Crippen LogP contribution < -0.4 is 0 Å². The van der Waals surface area contributed by atoms with Gasteiger partial charge < -0.3 is 9.47 Å². The van der Waals surface area contributed by atoms with Gasteiger partial charge in [-0.05, 0) is 29.8 Å². The molecular weight excluding hydrogens is 468 g/mol. The normalized spacial score (nSPS) is 15.1. The third-order valence-electron chi connectivity index (χ3n) is 5.24. The Bertz CT molecular complexity index is 1160. The van der Waals surface area contributed by atoms with E-state index in [1.54, 1.807) is 23.2 Å². The Balaban J connectivity index is 1.30. The fraction of sp³-hybridized carbons (Fsp3) is 0.273. The molecule has 10 heteroatoms. The van der Waals surface area contributed by atoms with Crippen LogP contribution in [0, 0.1) is 0 Å². The Morgan fingerprint density at radius 1 is 1.00 bits per heavy atom. The summed E-state index contributed by atoms with van der Waals surface area (Å²) in [6.07, 6.45) is 3.64. The predicted octanol–water partition coefficient (Wildman–Crippen LogP) is 3.21. The van der Waals surface area contributed by atoms with Gasteiger partial charge in [-0.3, -0.25) is 4.79 Å². The van der Waals surface area contributed by atoms with Gasteiger partial charge in [0.2, 0.25) is 15.9 Å². The lowest BCUT2D eigenvalue weighted by Crippen LogP contribution is -2.50. The number of benzene rings is 2. The average molecular weight is 491 g/mol. The van der Waals surface area contributed by atoms with Gasteiger partial charge in [-0.2, -0.15) is 4.31 Å².